The number of hydrogen-bond acceptors (Lipinski definition) is 3. The van der Waals surface area contributed by atoms with Crippen LogP contribution in [-0.2, 0) is 4.74 Å². The highest BCUT2D eigenvalue weighted by Crippen LogP contribution is 2.54. The van der Waals surface area contributed by atoms with Gasteiger partial charge in [0.1, 0.15) is 11.5 Å². The number of aromatic hydroxyl groups is 1. The molecule has 3 aliphatic carbocycles. The van der Waals surface area contributed by atoms with E-state index in [1.165, 1.54) is 16.8 Å². The third-order valence-corrected chi connectivity index (χ3v) is 5.94. The van der Waals surface area contributed by atoms with E-state index in [0.717, 1.165) is 35.3 Å². The number of fused-ring (bicyclic) bond motifs is 1. The summed E-state index contributed by atoms with van der Waals surface area (Å²) < 4.78 is 6.23. The van der Waals surface area contributed by atoms with E-state index in [1.807, 2.05) is 18.4 Å². The van der Waals surface area contributed by atoms with Gasteiger partial charge in [0, 0.05) is 30.9 Å². The van der Waals surface area contributed by atoms with Crippen molar-refractivity contribution >= 4 is 5.57 Å². The molecule has 3 nitrogen and oxygen atoms in total. The van der Waals surface area contributed by atoms with Gasteiger partial charge in [-0.15, -0.1) is 0 Å². The van der Waals surface area contributed by atoms with Crippen LogP contribution in [-0.4, -0.2) is 24.1 Å². The van der Waals surface area contributed by atoms with Gasteiger partial charge in [0.2, 0.25) is 0 Å². The second-order valence-corrected chi connectivity index (χ2v) is 7.81. The van der Waals surface area contributed by atoms with Crippen molar-refractivity contribution in [1.82, 2.24) is 4.90 Å². The Kier molecular flexibility index (Phi) is 3.73. The fraction of sp³-hybridized carbons (Fsp3) is 0.200. The zero-order chi connectivity index (χ0) is 19.3. The number of phenols is 1. The van der Waals surface area contributed by atoms with Crippen LogP contribution in [0.25, 0.3) is 5.57 Å². The zero-order valence-electron chi connectivity index (χ0n) is 16.1. The van der Waals surface area contributed by atoms with Crippen molar-refractivity contribution in [2.24, 2.45) is 5.41 Å². The molecule has 140 valence electrons. The van der Waals surface area contributed by atoms with Crippen LogP contribution in [0.3, 0.4) is 0 Å². The molecule has 4 aliphatic rings. The summed E-state index contributed by atoms with van der Waals surface area (Å²) in [6, 6.07) is 7.23. The van der Waals surface area contributed by atoms with Crippen LogP contribution in [0.5, 0.6) is 5.75 Å². The van der Waals surface area contributed by atoms with Gasteiger partial charge in [0.15, 0.2) is 0 Å². The predicted molar refractivity (Wildman–Crippen MR) is 112 cm³/mol. The van der Waals surface area contributed by atoms with Crippen LogP contribution in [0.15, 0.2) is 101 Å². The van der Waals surface area contributed by atoms with Gasteiger partial charge in [-0.25, -0.2) is 0 Å². The molecule has 0 bridgehead atoms. The molecule has 3 heteroatoms. The number of hydrogen-bond donors (Lipinski definition) is 1. The summed E-state index contributed by atoms with van der Waals surface area (Å²) in [6.07, 6.45) is 19.6. The van der Waals surface area contributed by atoms with Gasteiger partial charge in [-0.2, -0.15) is 0 Å². The van der Waals surface area contributed by atoms with Crippen LogP contribution in [0.2, 0.25) is 0 Å². The summed E-state index contributed by atoms with van der Waals surface area (Å²) in [5.41, 5.74) is 6.89. The number of likely N-dealkylation sites (N-methyl/N-ethyl adjacent to an activating group) is 1. The molecule has 1 aliphatic heterocycles. The molecule has 0 saturated heterocycles. The first kappa shape index (κ1) is 16.9. The zero-order valence-corrected chi connectivity index (χ0v) is 16.1. The Morgan fingerprint density at radius 1 is 1.07 bits per heavy atom. The monoisotopic (exact) mass is 369 g/mol. The number of rotatable bonds is 2. The molecule has 1 unspecified atom stereocenters. The molecule has 0 fully saturated rings. The van der Waals surface area contributed by atoms with E-state index < -0.39 is 0 Å². The maximum absolute atomic E-state index is 9.54. The topological polar surface area (TPSA) is 32.7 Å². The number of benzene rings is 1. The number of allylic oxidation sites excluding steroid dienone is 10. The third kappa shape index (κ3) is 2.43. The Balaban J connectivity index is 1.57. The Morgan fingerprint density at radius 2 is 1.89 bits per heavy atom. The number of nitrogens with zero attached hydrogens (tertiary/aromatic N) is 1. The van der Waals surface area contributed by atoms with E-state index in [2.05, 4.69) is 61.5 Å². The Morgan fingerprint density at radius 3 is 2.68 bits per heavy atom. The lowest BCUT2D eigenvalue weighted by atomic mass is 9.63. The first-order valence-corrected chi connectivity index (χ1v) is 9.67. The molecule has 1 heterocycles. The first-order valence-electron chi connectivity index (χ1n) is 9.67. The van der Waals surface area contributed by atoms with Gasteiger partial charge in [0.25, 0.3) is 0 Å². The van der Waals surface area contributed by atoms with Crippen molar-refractivity contribution < 1.29 is 9.84 Å². The molecule has 0 radical (unpaired) electrons. The highest BCUT2D eigenvalue weighted by molar-refractivity contribution is 5.78. The lowest BCUT2D eigenvalue weighted by Gasteiger charge is -2.44. The van der Waals surface area contributed by atoms with Crippen molar-refractivity contribution in [3.8, 4) is 5.75 Å². The molecule has 5 rings (SSSR count). The molecule has 1 atom stereocenters. The Bertz CT molecular complexity index is 1060. The van der Waals surface area contributed by atoms with Gasteiger partial charge < -0.3 is 14.7 Å². The SMILES string of the molecule is CN(C)C1=CC=CC23C=CC4=CC(c5ccc(O)cc5)=COC4=C2CCC=C13. The molecule has 1 N–H and O–H groups in total. The lowest BCUT2D eigenvalue weighted by Crippen LogP contribution is -2.34. The Labute approximate surface area is 165 Å². The summed E-state index contributed by atoms with van der Waals surface area (Å²) in [4.78, 5) is 2.19. The van der Waals surface area contributed by atoms with Crippen molar-refractivity contribution in [3.63, 3.8) is 0 Å². The van der Waals surface area contributed by atoms with Gasteiger partial charge in [-0.1, -0.05) is 42.5 Å². The fourth-order valence-corrected chi connectivity index (χ4v) is 4.58. The highest BCUT2D eigenvalue weighted by atomic mass is 16.5. The van der Waals surface area contributed by atoms with E-state index in [1.54, 1.807) is 12.1 Å². The van der Waals surface area contributed by atoms with Crippen LogP contribution in [0.4, 0.5) is 0 Å². The summed E-state index contributed by atoms with van der Waals surface area (Å²) in [7, 11) is 4.20. The number of phenolic OH excluding ortho intramolecular Hbond substituents is 1. The summed E-state index contributed by atoms with van der Waals surface area (Å²) in [5.74, 6) is 1.26. The van der Waals surface area contributed by atoms with Crippen LogP contribution < -0.4 is 0 Å². The second kappa shape index (κ2) is 6.16. The molecule has 1 aromatic rings. The van der Waals surface area contributed by atoms with Crippen molar-refractivity contribution in [1.29, 1.82) is 0 Å². The van der Waals surface area contributed by atoms with Gasteiger partial charge in [-0.3, -0.25) is 0 Å². The van der Waals surface area contributed by atoms with Crippen molar-refractivity contribution in [2.45, 2.75) is 12.8 Å². The third-order valence-electron chi connectivity index (χ3n) is 5.94. The maximum Gasteiger partial charge on any atom is 0.134 e. The molecule has 1 aromatic carbocycles. The van der Waals surface area contributed by atoms with E-state index in [-0.39, 0.29) is 11.2 Å². The van der Waals surface area contributed by atoms with E-state index in [0.29, 0.717) is 0 Å². The second-order valence-electron chi connectivity index (χ2n) is 7.81. The minimum Gasteiger partial charge on any atom is -0.508 e. The van der Waals surface area contributed by atoms with Crippen molar-refractivity contribution in [2.75, 3.05) is 14.1 Å². The average molecular weight is 369 g/mol. The lowest BCUT2D eigenvalue weighted by molar-refractivity contribution is 0.339. The maximum atomic E-state index is 9.54. The fourth-order valence-electron chi connectivity index (χ4n) is 4.58. The summed E-state index contributed by atoms with van der Waals surface area (Å²) >= 11 is 0. The average Bonchev–Trinajstić information content (AvgIpc) is 2.72. The van der Waals surface area contributed by atoms with E-state index in [9.17, 15) is 5.11 Å². The minimum absolute atomic E-state index is 0.205. The van der Waals surface area contributed by atoms with Gasteiger partial charge in [-0.05, 0) is 53.8 Å². The molecule has 1 spiro atoms. The molecular formula is C25H23NO2. The van der Waals surface area contributed by atoms with Gasteiger partial charge >= 0.3 is 0 Å². The molecule has 0 amide bonds. The van der Waals surface area contributed by atoms with Gasteiger partial charge in [0.05, 0.1) is 11.7 Å². The predicted octanol–water partition coefficient (Wildman–Crippen LogP) is 5.24. The normalized spacial score (nSPS) is 24.8. The van der Waals surface area contributed by atoms with Crippen molar-refractivity contribution in [3.05, 3.63) is 107 Å². The Hall–Kier alpha value is -3.20. The largest absolute Gasteiger partial charge is 0.508 e. The first-order chi connectivity index (χ1) is 13.6. The van der Waals surface area contributed by atoms with Crippen LogP contribution >= 0.6 is 0 Å². The minimum atomic E-state index is -0.205. The summed E-state index contributed by atoms with van der Waals surface area (Å²) in [5, 5.41) is 9.54. The number of ether oxygens (including phenoxy) is 1. The molecule has 28 heavy (non-hydrogen) atoms. The molecule has 0 saturated carbocycles. The van der Waals surface area contributed by atoms with E-state index in [4.69, 9.17) is 4.74 Å². The molecule has 0 aromatic heterocycles. The van der Waals surface area contributed by atoms with Crippen LogP contribution in [0, 0.1) is 5.41 Å². The van der Waals surface area contributed by atoms with Crippen LogP contribution in [0.1, 0.15) is 18.4 Å². The molecular weight excluding hydrogens is 346 g/mol. The quantitative estimate of drug-likeness (QED) is 0.774. The highest BCUT2D eigenvalue weighted by Gasteiger charge is 2.43. The standard InChI is InChI=1S/C25H23NO2/c1-26(2)23-7-4-13-25-14-12-18-15-19(17-8-10-20(27)11-9-17)16-28-24(18)22(25)6-3-5-21(23)25/h4-5,7-16,27H,3,6H2,1-2H3. The summed E-state index contributed by atoms with van der Waals surface area (Å²) in [6.45, 7) is 0. The van der Waals surface area contributed by atoms with E-state index >= 15 is 0 Å². The smallest absolute Gasteiger partial charge is 0.134 e.